The van der Waals surface area contributed by atoms with E-state index in [1.807, 2.05) is 17.8 Å². The Morgan fingerprint density at radius 3 is 2.92 bits per heavy atom. The zero-order valence-corrected chi connectivity index (χ0v) is 7.10. The summed E-state index contributed by atoms with van der Waals surface area (Å²) in [4.78, 5) is 14.4. The van der Waals surface area contributed by atoms with E-state index < -0.39 is 0 Å². The molecule has 0 N–H and O–H groups in total. The number of hydrogen-bond donors (Lipinski definition) is 0. The SMILES string of the molecule is Cn1ccnc1-c1ccc(C=O)o1. The fourth-order valence-corrected chi connectivity index (χ4v) is 1.14. The third kappa shape index (κ3) is 1.26. The highest BCUT2D eigenvalue weighted by Crippen LogP contribution is 2.18. The molecular weight excluding hydrogens is 168 g/mol. The van der Waals surface area contributed by atoms with Gasteiger partial charge >= 0.3 is 0 Å². The van der Waals surface area contributed by atoms with Crippen molar-refractivity contribution >= 4 is 6.29 Å². The fraction of sp³-hybridized carbons (Fsp3) is 0.111. The molecule has 2 rings (SSSR count). The maximum absolute atomic E-state index is 10.4. The molecule has 0 aliphatic heterocycles. The van der Waals surface area contributed by atoms with Crippen LogP contribution in [0.1, 0.15) is 10.6 Å². The van der Waals surface area contributed by atoms with Crippen LogP contribution in [0.15, 0.2) is 28.9 Å². The van der Waals surface area contributed by atoms with Crippen LogP contribution >= 0.6 is 0 Å². The van der Waals surface area contributed by atoms with E-state index in [0.717, 1.165) is 0 Å². The normalized spacial score (nSPS) is 10.2. The zero-order valence-electron chi connectivity index (χ0n) is 7.10. The number of carbonyl (C=O) groups excluding carboxylic acids is 1. The van der Waals surface area contributed by atoms with Crippen LogP contribution in [-0.4, -0.2) is 15.8 Å². The standard InChI is InChI=1S/C9H8N2O2/c1-11-5-4-10-9(11)8-3-2-7(6-12)13-8/h2-6H,1H3. The van der Waals surface area contributed by atoms with Crippen molar-refractivity contribution in [1.82, 2.24) is 9.55 Å². The molecule has 0 amide bonds. The van der Waals surface area contributed by atoms with E-state index in [4.69, 9.17) is 4.42 Å². The van der Waals surface area contributed by atoms with Crippen LogP contribution in [0.3, 0.4) is 0 Å². The number of nitrogens with zero attached hydrogens (tertiary/aromatic N) is 2. The van der Waals surface area contributed by atoms with Crippen molar-refractivity contribution in [3.8, 4) is 11.6 Å². The van der Waals surface area contributed by atoms with Gasteiger partial charge in [0.05, 0.1) is 0 Å². The molecule has 0 saturated heterocycles. The second-order valence-electron chi connectivity index (χ2n) is 2.68. The molecule has 0 saturated carbocycles. The van der Waals surface area contributed by atoms with E-state index >= 15 is 0 Å². The first-order valence-electron chi connectivity index (χ1n) is 3.84. The Bertz CT molecular complexity index is 428. The molecule has 0 unspecified atom stereocenters. The summed E-state index contributed by atoms with van der Waals surface area (Å²) in [5.74, 6) is 1.64. The third-order valence-electron chi connectivity index (χ3n) is 1.78. The van der Waals surface area contributed by atoms with E-state index in [0.29, 0.717) is 23.6 Å². The predicted octanol–water partition coefficient (Wildman–Crippen LogP) is 1.49. The van der Waals surface area contributed by atoms with E-state index in [9.17, 15) is 4.79 Å². The van der Waals surface area contributed by atoms with Crippen LogP contribution in [0.2, 0.25) is 0 Å². The summed E-state index contributed by atoms with van der Waals surface area (Å²) in [6, 6.07) is 3.35. The number of furan rings is 1. The molecule has 0 aliphatic carbocycles. The van der Waals surface area contributed by atoms with Gasteiger partial charge in [0.1, 0.15) is 0 Å². The van der Waals surface area contributed by atoms with Crippen LogP contribution in [-0.2, 0) is 7.05 Å². The predicted molar refractivity (Wildman–Crippen MR) is 46.3 cm³/mol. The van der Waals surface area contributed by atoms with Gasteiger partial charge in [-0.1, -0.05) is 0 Å². The number of rotatable bonds is 2. The number of hydrogen-bond acceptors (Lipinski definition) is 3. The number of carbonyl (C=O) groups is 1. The van der Waals surface area contributed by atoms with Gasteiger partial charge in [0, 0.05) is 19.4 Å². The molecule has 0 aromatic carbocycles. The Labute approximate surface area is 74.8 Å². The summed E-state index contributed by atoms with van der Waals surface area (Å²) in [5, 5.41) is 0. The topological polar surface area (TPSA) is 48.0 Å². The summed E-state index contributed by atoms with van der Waals surface area (Å²) < 4.78 is 7.03. The molecule has 2 aromatic heterocycles. The first-order chi connectivity index (χ1) is 6.31. The van der Waals surface area contributed by atoms with Crippen molar-refractivity contribution in [3.05, 3.63) is 30.3 Å². The molecule has 13 heavy (non-hydrogen) atoms. The molecule has 4 nitrogen and oxygen atoms in total. The van der Waals surface area contributed by atoms with Gasteiger partial charge in [-0.3, -0.25) is 4.79 Å². The summed E-state index contributed by atoms with van der Waals surface area (Å²) in [5.41, 5.74) is 0. The molecular formula is C9H8N2O2. The lowest BCUT2D eigenvalue weighted by Crippen LogP contribution is -1.88. The Morgan fingerprint density at radius 1 is 1.54 bits per heavy atom. The average molecular weight is 176 g/mol. The van der Waals surface area contributed by atoms with Gasteiger partial charge in [-0.05, 0) is 12.1 Å². The van der Waals surface area contributed by atoms with Gasteiger partial charge in [-0.15, -0.1) is 0 Å². The molecule has 0 radical (unpaired) electrons. The monoisotopic (exact) mass is 176 g/mol. The fourth-order valence-electron chi connectivity index (χ4n) is 1.14. The van der Waals surface area contributed by atoms with Crippen molar-refractivity contribution < 1.29 is 9.21 Å². The lowest BCUT2D eigenvalue weighted by molar-refractivity contribution is 0.110. The van der Waals surface area contributed by atoms with E-state index in [2.05, 4.69) is 4.98 Å². The maximum atomic E-state index is 10.4. The number of aryl methyl sites for hydroxylation is 1. The molecule has 2 aromatic rings. The molecule has 0 spiro atoms. The van der Waals surface area contributed by atoms with Crippen LogP contribution in [0.5, 0.6) is 0 Å². The van der Waals surface area contributed by atoms with Crippen LogP contribution in [0.25, 0.3) is 11.6 Å². The molecule has 0 atom stereocenters. The zero-order chi connectivity index (χ0) is 9.26. The minimum absolute atomic E-state index is 0.318. The molecule has 2 heterocycles. The van der Waals surface area contributed by atoms with Gasteiger partial charge < -0.3 is 8.98 Å². The summed E-state index contributed by atoms with van der Waals surface area (Å²) >= 11 is 0. The molecule has 66 valence electrons. The van der Waals surface area contributed by atoms with Gasteiger partial charge in [-0.2, -0.15) is 0 Å². The smallest absolute Gasteiger partial charge is 0.185 e. The highest BCUT2D eigenvalue weighted by Gasteiger charge is 2.07. The number of imidazole rings is 1. The van der Waals surface area contributed by atoms with Crippen LogP contribution < -0.4 is 0 Å². The lowest BCUT2D eigenvalue weighted by atomic mass is 10.4. The Morgan fingerprint density at radius 2 is 2.38 bits per heavy atom. The van der Waals surface area contributed by atoms with Gasteiger partial charge in [0.15, 0.2) is 23.6 Å². The van der Waals surface area contributed by atoms with Crippen LogP contribution in [0, 0.1) is 0 Å². The lowest BCUT2D eigenvalue weighted by Gasteiger charge is -1.95. The van der Waals surface area contributed by atoms with Crippen molar-refractivity contribution in [2.24, 2.45) is 7.05 Å². The minimum Gasteiger partial charge on any atom is -0.450 e. The van der Waals surface area contributed by atoms with Crippen LogP contribution in [0.4, 0.5) is 0 Å². The quantitative estimate of drug-likeness (QED) is 0.651. The van der Waals surface area contributed by atoms with Gasteiger partial charge in [0.25, 0.3) is 0 Å². The van der Waals surface area contributed by atoms with Crippen molar-refractivity contribution in [2.75, 3.05) is 0 Å². The van der Waals surface area contributed by atoms with E-state index in [1.54, 1.807) is 18.3 Å². The largest absolute Gasteiger partial charge is 0.450 e. The summed E-state index contributed by atoms with van der Waals surface area (Å²) in [7, 11) is 1.87. The minimum atomic E-state index is 0.318. The second-order valence-corrected chi connectivity index (χ2v) is 2.68. The number of aromatic nitrogens is 2. The van der Waals surface area contributed by atoms with Crippen molar-refractivity contribution in [2.45, 2.75) is 0 Å². The number of aldehydes is 1. The van der Waals surface area contributed by atoms with Crippen molar-refractivity contribution in [1.29, 1.82) is 0 Å². The third-order valence-corrected chi connectivity index (χ3v) is 1.78. The molecule has 4 heteroatoms. The van der Waals surface area contributed by atoms with E-state index in [-0.39, 0.29) is 0 Å². The Balaban J connectivity index is 2.46. The van der Waals surface area contributed by atoms with Gasteiger partial charge in [0.2, 0.25) is 0 Å². The highest BCUT2D eigenvalue weighted by molar-refractivity contribution is 5.71. The Hall–Kier alpha value is -1.84. The summed E-state index contributed by atoms with van der Waals surface area (Å²) in [6.45, 7) is 0. The first-order valence-corrected chi connectivity index (χ1v) is 3.84. The maximum Gasteiger partial charge on any atom is 0.185 e. The second kappa shape index (κ2) is 2.90. The molecule has 0 bridgehead atoms. The first kappa shape index (κ1) is 7.79. The van der Waals surface area contributed by atoms with Gasteiger partial charge in [-0.25, -0.2) is 4.98 Å². The molecule has 0 fully saturated rings. The van der Waals surface area contributed by atoms with Crippen molar-refractivity contribution in [3.63, 3.8) is 0 Å². The highest BCUT2D eigenvalue weighted by atomic mass is 16.3. The average Bonchev–Trinajstić information content (AvgIpc) is 2.71. The van der Waals surface area contributed by atoms with E-state index in [1.165, 1.54) is 0 Å². The molecule has 0 aliphatic rings. The summed E-state index contributed by atoms with van der Waals surface area (Å²) in [6.07, 6.45) is 4.17. The Kier molecular flexibility index (Phi) is 1.73.